The van der Waals surface area contributed by atoms with E-state index in [1.165, 1.54) is 0 Å². The van der Waals surface area contributed by atoms with Crippen LogP contribution in [0, 0.1) is 11.3 Å². The first kappa shape index (κ1) is 21.9. The molecule has 0 spiro atoms. The van der Waals surface area contributed by atoms with Gasteiger partial charge in [-0.15, -0.1) is 0 Å². The summed E-state index contributed by atoms with van der Waals surface area (Å²) < 4.78 is 10.8. The lowest BCUT2D eigenvalue weighted by atomic mass is 9.81. The summed E-state index contributed by atoms with van der Waals surface area (Å²) in [6.45, 7) is 11.7. The second kappa shape index (κ2) is 9.79. The van der Waals surface area contributed by atoms with Crippen molar-refractivity contribution in [3.63, 3.8) is 0 Å². The number of hydrogen-bond donors (Lipinski definition) is 1. The Labute approximate surface area is 178 Å². The lowest BCUT2D eigenvalue weighted by Gasteiger charge is -2.35. The second-order valence-corrected chi connectivity index (χ2v) is 7.52. The highest BCUT2D eigenvalue weighted by atomic mass is 16.5. The number of ether oxygens (including phenoxy) is 2. The molecule has 2 aliphatic heterocycles. The van der Waals surface area contributed by atoms with Crippen molar-refractivity contribution in [2.24, 2.45) is 5.73 Å². The minimum Gasteiger partial charge on any atom is -0.463 e. The Morgan fingerprint density at radius 2 is 1.90 bits per heavy atom. The zero-order valence-electron chi connectivity index (χ0n) is 18.0. The molecule has 0 saturated carbocycles. The van der Waals surface area contributed by atoms with Crippen molar-refractivity contribution in [1.82, 2.24) is 9.80 Å². The summed E-state index contributed by atoms with van der Waals surface area (Å²) in [5.41, 5.74) is 8.59. The smallest absolute Gasteiger partial charge is 0.338 e. The molecule has 7 nitrogen and oxygen atoms in total. The third-order valence-electron chi connectivity index (χ3n) is 5.77. The van der Waals surface area contributed by atoms with E-state index >= 15 is 0 Å². The number of carbonyl (C=O) groups is 1. The van der Waals surface area contributed by atoms with Gasteiger partial charge in [0.1, 0.15) is 17.4 Å². The minimum absolute atomic E-state index is 0.0411. The van der Waals surface area contributed by atoms with Gasteiger partial charge in [0, 0.05) is 32.7 Å². The molecule has 0 aliphatic carbocycles. The number of likely N-dealkylation sites (N-methyl/N-ethyl adjacent to an activating group) is 1. The molecule has 1 atom stereocenters. The summed E-state index contributed by atoms with van der Waals surface area (Å²) in [6.07, 6.45) is 0. The van der Waals surface area contributed by atoms with Crippen molar-refractivity contribution in [3.8, 4) is 6.07 Å². The lowest BCUT2D eigenvalue weighted by molar-refractivity contribution is -0.139. The summed E-state index contributed by atoms with van der Waals surface area (Å²) in [4.78, 5) is 17.6. The van der Waals surface area contributed by atoms with Crippen LogP contribution in [0.25, 0.3) is 0 Å². The average Bonchev–Trinajstić information content (AvgIpc) is 2.74. The van der Waals surface area contributed by atoms with Gasteiger partial charge in [0.2, 0.25) is 5.88 Å². The van der Waals surface area contributed by atoms with Gasteiger partial charge >= 0.3 is 5.97 Å². The summed E-state index contributed by atoms with van der Waals surface area (Å²) in [5.74, 6) is -0.664. The van der Waals surface area contributed by atoms with Crippen molar-refractivity contribution in [3.05, 3.63) is 58.2 Å². The maximum absolute atomic E-state index is 12.8. The molecule has 0 bridgehead atoms. The van der Waals surface area contributed by atoms with E-state index < -0.39 is 11.9 Å². The average molecular weight is 411 g/mol. The van der Waals surface area contributed by atoms with Gasteiger partial charge in [-0.2, -0.15) is 5.26 Å². The largest absolute Gasteiger partial charge is 0.463 e. The summed E-state index contributed by atoms with van der Waals surface area (Å²) >= 11 is 0. The summed E-state index contributed by atoms with van der Waals surface area (Å²) in [6, 6.07) is 10.1. The molecule has 0 aromatic heterocycles. The molecule has 1 saturated heterocycles. The first-order valence-corrected chi connectivity index (χ1v) is 10.5. The van der Waals surface area contributed by atoms with E-state index in [0.717, 1.165) is 50.4 Å². The van der Waals surface area contributed by atoms with Crippen LogP contribution in [-0.4, -0.2) is 55.1 Å². The van der Waals surface area contributed by atoms with Crippen LogP contribution >= 0.6 is 0 Å². The van der Waals surface area contributed by atoms with Gasteiger partial charge in [0.15, 0.2) is 0 Å². The summed E-state index contributed by atoms with van der Waals surface area (Å²) in [5, 5.41) is 9.82. The number of carbonyl (C=O) groups excluding carboxylic acids is 1. The van der Waals surface area contributed by atoms with E-state index in [0.29, 0.717) is 11.3 Å². The van der Waals surface area contributed by atoms with Gasteiger partial charge < -0.3 is 20.1 Å². The predicted molar refractivity (Wildman–Crippen MR) is 114 cm³/mol. The van der Waals surface area contributed by atoms with E-state index in [-0.39, 0.29) is 18.1 Å². The van der Waals surface area contributed by atoms with Crippen LogP contribution in [0.4, 0.5) is 0 Å². The molecule has 2 aliphatic rings. The Balaban J connectivity index is 1.98. The van der Waals surface area contributed by atoms with E-state index in [1.54, 1.807) is 13.8 Å². The van der Waals surface area contributed by atoms with E-state index in [2.05, 4.69) is 28.9 Å². The Hall–Kier alpha value is -2.82. The van der Waals surface area contributed by atoms with Gasteiger partial charge in [-0.25, -0.2) is 4.79 Å². The van der Waals surface area contributed by atoms with Crippen molar-refractivity contribution in [1.29, 1.82) is 5.26 Å². The monoisotopic (exact) mass is 410 g/mol. The summed E-state index contributed by atoms with van der Waals surface area (Å²) in [7, 11) is 0. The molecule has 3 rings (SSSR count). The van der Waals surface area contributed by atoms with Crippen molar-refractivity contribution in [2.75, 3.05) is 39.3 Å². The number of hydrogen-bond acceptors (Lipinski definition) is 7. The molecule has 0 amide bonds. The maximum Gasteiger partial charge on any atom is 0.338 e. The Kier molecular flexibility index (Phi) is 7.14. The first-order chi connectivity index (χ1) is 14.5. The van der Waals surface area contributed by atoms with Crippen LogP contribution in [0.1, 0.15) is 37.8 Å². The number of nitrogens with zero attached hydrogens (tertiary/aromatic N) is 3. The molecular weight excluding hydrogens is 380 g/mol. The van der Waals surface area contributed by atoms with Crippen molar-refractivity contribution >= 4 is 5.97 Å². The normalized spacial score (nSPS) is 20.7. The third-order valence-corrected chi connectivity index (χ3v) is 5.77. The number of esters is 1. The Morgan fingerprint density at radius 3 is 2.53 bits per heavy atom. The molecule has 2 N–H and O–H groups in total. The van der Waals surface area contributed by atoms with Crippen LogP contribution in [-0.2, 0) is 20.8 Å². The number of nitrogens with two attached hydrogens (primary N) is 1. The quantitative estimate of drug-likeness (QED) is 0.720. The highest BCUT2D eigenvalue weighted by Gasteiger charge is 2.37. The van der Waals surface area contributed by atoms with Gasteiger partial charge in [-0.05, 0) is 31.5 Å². The minimum atomic E-state index is -0.601. The highest BCUT2D eigenvalue weighted by Crippen LogP contribution is 2.41. The standard InChI is InChI=1S/C23H30N4O3/c1-4-26-10-12-27(13-11-26)15-17-8-6-7-9-18(17)21-19(14-24)22(25)30-16(3)20(21)23(28)29-5-2/h6-9,21H,4-5,10-13,15,25H2,1-3H3. The van der Waals surface area contributed by atoms with Crippen LogP contribution in [0.15, 0.2) is 47.1 Å². The fourth-order valence-electron chi connectivity index (χ4n) is 4.13. The van der Waals surface area contributed by atoms with Gasteiger partial charge in [-0.3, -0.25) is 4.90 Å². The van der Waals surface area contributed by atoms with Crippen LogP contribution in [0.3, 0.4) is 0 Å². The second-order valence-electron chi connectivity index (χ2n) is 7.52. The van der Waals surface area contributed by atoms with Crippen LogP contribution in [0.5, 0.6) is 0 Å². The number of allylic oxidation sites excluding steroid dienone is 2. The van der Waals surface area contributed by atoms with Crippen molar-refractivity contribution < 1.29 is 14.3 Å². The lowest BCUT2D eigenvalue weighted by Crippen LogP contribution is -2.45. The first-order valence-electron chi connectivity index (χ1n) is 10.5. The number of nitriles is 1. The van der Waals surface area contributed by atoms with Crippen LogP contribution < -0.4 is 5.73 Å². The van der Waals surface area contributed by atoms with Gasteiger partial charge in [0.05, 0.1) is 18.1 Å². The molecule has 1 aromatic rings. The molecule has 1 fully saturated rings. The zero-order chi connectivity index (χ0) is 21.7. The molecule has 0 radical (unpaired) electrons. The molecule has 1 aromatic carbocycles. The SMILES string of the molecule is CCOC(=O)C1=C(C)OC(N)=C(C#N)C1c1ccccc1CN1CCN(CC)CC1. The fraction of sp³-hybridized carbons (Fsp3) is 0.478. The number of benzene rings is 1. The van der Waals surface area contributed by atoms with Crippen LogP contribution in [0.2, 0.25) is 0 Å². The topological polar surface area (TPSA) is 91.8 Å². The highest BCUT2D eigenvalue weighted by molar-refractivity contribution is 5.92. The molecular formula is C23H30N4O3. The van der Waals surface area contributed by atoms with E-state index in [1.807, 2.05) is 18.2 Å². The van der Waals surface area contributed by atoms with Gasteiger partial charge in [-0.1, -0.05) is 31.2 Å². The Morgan fingerprint density at radius 1 is 1.23 bits per heavy atom. The fourth-order valence-corrected chi connectivity index (χ4v) is 4.13. The van der Waals surface area contributed by atoms with Crippen molar-refractivity contribution in [2.45, 2.75) is 33.2 Å². The van der Waals surface area contributed by atoms with Gasteiger partial charge in [0.25, 0.3) is 0 Å². The zero-order valence-corrected chi connectivity index (χ0v) is 18.0. The Bertz CT molecular complexity index is 892. The van der Waals surface area contributed by atoms with E-state index in [9.17, 15) is 10.1 Å². The maximum atomic E-state index is 12.8. The molecule has 160 valence electrons. The molecule has 1 unspecified atom stereocenters. The number of piperazine rings is 1. The number of rotatable bonds is 6. The molecule has 30 heavy (non-hydrogen) atoms. The molecule has 2 heterocycles. The molecule has 7 heteroatoms. The third kappa shape index (κ3) is 4.50. The predicted octanol–water partition coefficient (Wildman–Crippen LogP) is 2.47. The van der Waals surface area contributed by atoms with E-state index in [4.69, 9.17) is 15.2 Å².